The lowest BCUT2D eigenvalue weighted by molar-refractivity contribution is -0.142. The van der Waals surface area contributed by atoms with Gasteiger partial charge in [0.25, 0.3) is 5.91 Å². The van der Waals surface area contributed by atoms with Gasteiger partial charge in [-0.1, -0.05) is 71.7 Å². The second-order valence-corrected chi connectivity index (χ2v) is 9.48. The normalized spacial score (nSPS) is 11.2. The summed E-state index contributed by atoms with van der Waals surface area (Å²) in [5, 5.41) is 12.0. The van der Waals surface area contributed by atoms with Crippen molar-refractivity contribution in [2.45, 2.75) is 12.5 Å². The number of amides is 3. The van der Waals surface area contributed by atoms with E-state index in [9.17, 15) is 14.4 Å². The van der Waals surface area contributed by atoms with Gasteiger partial charge in [-0.2, -0.15) is 0 Å². The molecule has 0 fully saturated rings. The zero-order valence-electron chi connectivity index (χ0n) is 21.4. The summed E-state index contributed by atoms with van der Waals surface area (Å²) in [5.41, 5.74) is 3.50. The van der Waals surface area contributed by atoms with Crippen molar-refractivity contribution in [3.63, 3.8) is 0 Å². The predicted molar refractivity (Wildman–Crippen MR) is 159 cm³/mol. The number of carbonyl (C=O) groups excluding carboxylic acids is 3. The van der Waals surface area contributed by atoms with Crippen LogP contribution in [0.4, 0.5) is 27.5 Å². The molecule has 0 saturated carbocycles. The van der Waals surface area contributed by atoms with E-state index >= 15 is 0 Å². The zero-order valence-corrected chi connectivity index (χ0v) is 22.9. The van der Waals surface area contributed by atoms with Gasteiger partial charge in [-0.25, -0.2) is 9.59 Å². The van der Waals surface area contributed by atoms with Crippen LogP contribution in [0.2, 0.25) is 10.0 Å². The number of hydrogen-bond donors (Lipinski definition) is 4. The fourth-order valence-corrected chi connectivity index (χ4v) is 4.47. The molecule has 0 aliphatic carbocycles. The molecule has 10 heteroatoms. The predicted octanol–water partition coefficient (Wildman–Crippen LogP) is 6.90. The van der Waals surface area contributed by atoms with E-state index < -0.39 is 23.9 Å². The topological polar surface area (TPSA) is 109 Å². The number of hydrogen-bond acceptors (Lipinski definition) is 5. The number of urea groups is 1. The number of halogens is 2. The van der Waals surface area contributed by atoms with Crippen molar-refractivity contribution in [1.29, 1.82) is 0 Å². The smallest absolute Gasteiger partial charge is 0.328 e. The van der Waals surface area contributed by atoms with E-state index in [0.29, 0.717) is 17.1 Å². The van der Waals surface area contributed by atoms with Crippen molar-refractivity contribution >= 4 is 63.9 Å². The van der Waals surface area contributed by atoms with Crippen molar-refractivity contribution in [3.8, 4) is 0 Å². The fourth-order valence-electron chi connectivity index (χ4n) is 3.90. The third-order valence-electron chi connectivity index (χ3n) is 5.86. The first-order valence-electron chi connectivity index (χ1n) is 12.2. The number of benzene rings is 4. The van der Waals surface area contributed by atoms with Crippen molar-refractivity contribution in [2.75, 3.05) is 23.1 Å². The molecule has 1 unspecified atom stereocenters. The molecular weight excluding hydrogens is 551 g/mol. The molecular formula is C30H26Cl2N4O4. The monoisotopic (exact) mass is 576 g/mol. The first kappa shape index (κ1) is 28.5. The molecule has 0 aromatic heterocycles. The molecule has 4 aromatic rings. The van der Waals surface area contributed by atoms with E-state index in [4.69, 9.17) is 27.9 Å². The minimum Gasteiger partial charge on any atom is -0.467 e. The van der Waals surface area contributed by atoms with Crippen LogP contribution in [-0.4, -0.2) is 31.1 Å². The Kier molecular flexibility index (Phi) is 9.62. The van der Waals surface area contributed by atoms with Crippen LogP contribution in [-0.2, 0) is 16.0 Å². The number of esters is 1. The third-order valence-corrected chi connectivity index (χ3v) is 6.49. The largest absolute Gasteiger partial charge is 0.467 e. The Hall–Kier alpha value is -4.53. The second kappa shape index (κ2) is 13.5. The molecule has 3 amide bonds. The summed E-state index contributed by atoms with van der Waals surface area (Å²) >= 11 is 12.2. The Balaban J connectivity index is 1.40. The Labute approximate surface area is 241 Å². The van der Waals surface area contributed by atoms with Gasteiger partial charge in [-0.3, -0.25) is 4.79 Å². The van der Waals surface area contributed by atoms with E-state index in [2.05, 4.69) is 21.3 Å². The Morgan fingerprint density at radius 2 is 1.35 bits per heavy atom. The van der Waals surface area contributed by atoms with Crippen molar-refractivity contribution in [3.05, 3.63) is 118 Å². The quantitative estimate of drug-likeness (QED) is 0.162. The SMILES string of the molecule is COC(=O)C(Cc1ccc(NC(=O)c2c(Cl)cccc2Cl)cc1)NC(=O)Nc1ccccc1Nc1ccccc1. The number of carbonyl (C=O) groups is 3. The van der Waals surface area contributed by atoms with Gasteiger partial charge in [0.1, 0.15) is 6.04 Å². The van der Waals surface area contributed by atoms with Gasteiger partial charge in [0.15, 0.2) is 0 Å². The molecule has 0 aliphatic rings. The zero-order chi connectivity index (χ0) is 28.5. The Bertz CT molecular complexity index is 1480. The van der Waals surface area contributed by atoms with Crippen LogP contribution in [0.15, 0.2) is 97.1 Å². The molecule has 0 saturated heterocycles. The van der Waals surface area contributed by atoms with Crippen molar-refractivity contribution in [1.82, 2.24) is 5.32 Å². The van der Waals surface area contributed by atoms with Crippen LogP contribution < -0.4 is 21.3 Å². The van der Waals surface area contributed by atoms with Gasteiger partial charge in [-0.15, -0.1) is 0 Å². The van der Waals surface area contributed by atoms with E-state index in [-0.39, 0.29) is 22.0 Å². The van der Waals surface area contributed by atoms with Crippen LogP contribution in [0.1, 0.15) is 15.9 Å². The number of rotatable bonds is 9. The highest BCUT2D eigenvalue weighted by Crippen LogP contribution is 2.26. The Morgan fingerprint density at radius 3 is 2.00 bits per heavy atom. The number of para-hydroxylation sites is 3. The lowest BCUT2D eigenvalue weighted by atomic mass is 10.1. The van der Waals surface area contributed by atoms with Crippen LogP contribution in [0.3, 0.4) is 0 Å². The first-order valence-corrected chi connectivity index (χ1v) is 13.0. The molecule has 4 rings (SSSR count). The summed E-state index contributed by atoms with van der Waals surface area (Å²) < 4.78 is 4.91. The lowest BCUT2D eigenvalue weighted by Gasteiger charge is -2.19. The number of ether oxygens (including phenoxy) is 1. The average Bonchev–Trinajstić information content (AvgIpc) is 2.95. The molecule has 0 bridgehead atoms. The van der Waals surface area contributed by atoms with E-state index in [1.54, 1.807) is 54.6 Å². The average molecular weight is 577 g/mol. The molecule has 4 N–H and O–H groups in total. The summed E-state index contributed by atoms with van der Waals surface area (Å²) in [6, 6.07) is 26.9. The number of methoxy groups -OCH3 is 1. The number of nitrogens with one attached hydrogen (secondary N) is 4. The minimum atomic E-state index is -0.957. The van der Waals surface area contributed by atoms with Crippen LogP contribution in [0, 0.1) is 0 Å². The molecule has 0 radical (unpaired) electrons. The maximum Gasteiger partial charge on any atom is 0.328 e. The Morgan fingerprint density at radius 1 is 0.725 bits per heavy atom. The van der Waals surface area contributed by atoms with Crippen LogP contribution in [0.25, 0.3) is 0 Å². The van der Waals surface area contributed by atoms with E-state index in [1.807, 2.05) is 42.5 Å². The minimum absolute atomic E-state index is 0.161. The summed E-state index contributed by atoms with van der Waals surface area (Å²) in [6.07, 6.45) is 0.161. The molecule has 1 atom stereocenters. The molecule has 8 nitrogen and oxygen atoms in total. The second-order valence-electron chi connectivity index (χ2n) is 8.66. The lowest BCUT2D eigenvalue weighted by Crippen LogP contribution is -2.45. The van der Waals surface area contributed by atoms with Gasteiger partial charge in [0, 0.05) is 17.8 Å². The van der Waals surface area contributed by atoms with Gasteiger partial charge in [0.2, 0.25) is 0 Å². The highest BCUT2D eigenvalue weighted by Gasteiger charge is 2.23. The molecule has 204 valence electrons. The molecule has 40 heavy (non-hydrogen) atoms. The van der Waals surface area contributed by atoms with E-state index in [0.717, 1.165) is 11.3 Å². The molecule has 0 aliphatic heterocycles. The van der Waals surface area contributed by atoms with Crippen molar-refractivity contribution < 1.29 is 19.1 Å². The van der Waals surface area contributed by atoms with Gasteiger partial charge < -0.3 is 26.0 Å². The van der Waals surface area contributed by atoms with Crippen molar-refractivity contribution in [2.24, 2.45) is 0 Å². The fraction of sp³-hybridized carbons (Fsp3) is 0.100. The van der Waals surface area contributed by atoms with E-state index in [1.165, 1.54) is 7.11 Å². The van der Waals surface area contributed by atoms with Gasteiger partial charge >= 0.3 is 12.0 Å². The van der Waals surface area contributed by atoms with Gasteiger partial charge in [-0.05, 0) is 54.1 Å². The third kappa shape index (κ3) is 7.53. The van der Waals surface area contributed by atoms with Gasteiger partial charge in [0.05, 0.1) is 34.1 Å². The summed E-state index contributed by atoms with van der Waals surface area (Å²) in [7, 11) is 1.26. The number of anilines is 4. The highest BCUT2D eigenvalue weighted by atomic mass is 35.5. The molecule has 4 aromatic carbocycles. The summed E-state index contributed by atoms with van der Waals surface area (Å²) in [5.74, 6) is -1.05. The standard InChI is InChI=1S/C30H26Cl2N4O4/c1-40-29(38)26(36-30(39)35-25-13-6-5-12-24(25)33-20-8-3-2-4-9-20)18-19-14-16-21(17-15-19)34-28(37)27-22(31)10-7-11-23(27)32/h2-17,26,33H,18H2,1H3,(H,34,37)(H2,35,36,39). The molecule has 0 heterocycles. The van der Waals surface area contributed by atoms with Crippen LogP contribution in [0.5, 0.6) is 0 Å². The first-order chi connectivity index (χ1) is 19.3. The maximum absolute atomic E-state index is 12.9. The van der Waals surface area contributed by atoms with Crippen LogP contribution >= 0.6 is 23.2 Å². The maximum atomic E-state index is 12.9. The summed E-state index contributed by atoms with van der Waals surface area (Å²) in [4.78, 5) is 38.0. The summed E-state index contributed by atoms with van der Waals surface area (Å²) in [6.45, 7) is 0. The highest BCUT2D eigenvalue weighted by molar-refractivity contribution is 6.40. The molecule has 0 spiro atoms.